The first kappa shape index (κ1) is 18.3. The van der Waals surface area contributed by atoms with Crippen molar-refractivity contribution in [2.24, 2.45) is 0 Å². The van der Waals surface area contributed by atoms with Gasteiger partial charge in [-0.1, -0.05) is 18.9 Å². The number of hydrogen-bond donors (Lipinski definition) is 2. The zero-order valence-electron chi connectivity index (χ0n) is 13.5. The summed E-state index contributed by atoms with van der Waals surface area (Å²) in [7, 11) is 1.44. The molecule has 7 heteroatoms. The Labute approximate surface area is 139 Å². The maximum atomic E-state index is 14.2. The first-order valence-corrected chi connectivity index (χ1v) is 7.89. The van der Waals surface area contributed by atoms with Gasteiger partial charge in [0.2, 0.25) is 5.91 Å². The molecule has 0 aromatic heterocycles. The van der Waals surface area contributed by atoms with E-state index in [0.717, 1.165) is 25.0 Å². The topological polar surface area (TPSA) is 75.6 Å². The van der Waals surface area contributed by atoms with E-state index in [1.54, 1.807) is 0 Å². The SMILES string of the molecule is COCCC(NC(=O)C1(c2ccc(F)cc2F)CCCC1)C(=O)O. The average Bonchev–Trinajstić information content (AvgIpc) is 3.01. The molecule has 0 radical (unpaired) electrons. The number of methoxy groups -OCH3 is 1. The van der Waals surface area contributed by atoms with E-state index in [9.17, 15) is 23.5 Å². The number of carboxylic acid groups (broad SMARTS) is 1. The standard InChI is InChI=1S/C17H21F2NO4/c1-24-9-6-14(15(21)22)20-16(23)17(7-2-3-8-17)12-5-4-11(18)10-13(12)19/h4-5,10,14H,2-3,6-9H2,1H3,(H,20,23)(H,21,22). The molecule has 0 spiro atoms. The van der Waals surface area contributed by atoms with Gasteiger partial charge in [-0.25, -0.2) is 13.6 Å². The van der Waals surface area contributed by atoms with Gasteiger partial charge < -0.3 is 15.2 Å². The van der Waals surface area contributed by atoms with Crippen molar-refractivity contribution in [3.05, 3.63) is 35.4 Å². The van der Waals surface area contributed by atoms with Gasteiger partial charge in [-0.05, 0) is 18.9 Å². The Morgan fingerprint density at radius 3 is 2.54 bits per heavy atom. The van der Waals surface area contributed by atoms with E-state index in [0.29, 0.717) is 12.8 Å². The second-order valence-corrected chi connectivity index (χ2v) is 6.06. The molecule has 1 aromatic carbocycles. The molecule has 1 unspecified atom stereocenters. The predicted octanol–water partition coefficient (Wildman–Crippen LogP) is 2.38. The lowest BCUT2D eigenvalue weighted by molar-refractivity contribution is -0.143. The summed E-state index contributed by atoms with van der Waals surface area (Å²) in [5.41, 5.74) is -1.03. The zero-order chi connectivity index (χ0) is 17.7. The van der Waals surface area contributed by atoms with E-state index in [4.69, 9.17) is 4.74 Å². The third kappa shape index (κ3) is 3.72. The molecule has 1 aliphatic rings. The van der Waals surface area contributed by atoms with Crippen molar-refractivity contribution in [2.75, 3.05) is 13.7 Å². The molecule has 2 N–H and O–H groups in total. The van der Waals surface area contributed by atoms with Crippen LogP contribution in [0.25, 0.3) is 0 Å². The minimum atomic E-state index is -1.17. The Morgan fingerprint density at radius 2 is 2.00 bits per heavy atom. The number of hydrogen-bond acceptors (Lipinski definition) is 3. The summed E-state index contributed by atoms with van der Waals surface area (Å²) in [6.45, 7) is 0.176. The van der Waals surface area contributed by atoms with Gasteiger partial charge in [0.05, 0.1) is 5.41 Å². The smallest absolute Gasteiger partial charge is 0.326 e. The van der Waals surface area contributed by atoms with Crippen LogP contribution in [-0.2, 0) is 19.7 Å². The Morgan fingerprint density at radius 1 is 1.33 bits per heavy atom. The van der Waals surface area contributed by atoms with Gasteiger partial charge in [0.1, 0.15) is 17.7 Å². The number of carbonyl (C=O) groups excluding carboxylic acids is 1. The van der Waals surface area contributed by atoms with Crippen LogP contribution in [0.15, 0.2) is 18.2 Å². The van der Waals surface area contributed by atoms with Crippen LogP contribution < -0.4 is 5.32 Å². The van der Waals surface area contributed by atoms with Crippen LogP contribution in [0, 0.1) is 11.6 Å². The first-order valence-electron chi connectivity index (χ1n) is 7.89. The second-order valence-electron chi connectivity index (χ2n) is 6.06. The number of halogens is 2. The minimum Gasteiger partial charge on any atom is -0.480 e. The van der Waals surface area contributed by atoms with Gasteiger partial charge in [0, 0.05) is 31.8 Å². The molecule has 0 bridgehead atoms. The first-order chi connectivity index (χ1) is 11.4. The van der Waals surface area contributed by atoms with Gasteiger partial charge in [-0.2, -0.15) is 0 Å². The third-order valence-corrected chi connectivity index (χ3v) is 4.55. The summed E-state index contributed by atoms with van der Waals surface area (Å²) < 4.78 is 32.3. The fraction of sp³-hybridized carbons (Fsp3) is 0.529. The number of amides is 1. The zero-order valence-corrected chi connectivity index (χ0v) is 13.5. The van der Waals surface area contributed by atoms with Crippen molar-refractivity contribution in [3.8, 4) is 0 Å². The quantitative estimate of drug-likeness (QED) is 0.798. The van der Waals surface area contributed by atoms with Crippen molar-refractivity contribution < 1.29 is 28.2 Å². The molecule has 1 aliphatic carbocycles. The molecular formula is C17H21F2NO4. The van der Waals surface area contributed by atoms with Crippen LogP contribution in [-0.4, -0.2) is 36.7 Å². The Balaban J connectivity index is 2.29. The highest BCUT2D eigenvalue weighted by atomic mass is 19.1. The van der Waals surface area contributed by atoms with E-state index >= 15 is 0 Å². The monoisotopic (exact) mass is 341 g/mol. The average molecular weight is 341 g/mol. The van der Waals surface area contributed by atoms with Crippen LogP contribution in [0.5, 0.6) is 0 Å². The summed E-state index contributed by atoms with van der Waals surface area (Å²) >= 11 is 0. The van der Waals surface area contributed by atoms with E-state index in [1.165, 1.54) is 13.2 Å². The maximum absolute atomic E-state index is 14.2. The lowest BCUT2D eigenvalue weighted by atomic mass is 9.77. The van der Waals surface area contributed by atoms with Crippen molar-refractivity contribution in [2.45, 2.75) is 43.6 Å². The van der Waals surface area contributed by atoms with Gasteiger partial charge in [-0.15, -0.1) is 0 Å². The molecule has 1 fully saturated rings. The van der Waals surface area contributed by atoms with Crippen molar-refractivity contribution in [1.29, 1.82) is 0 Å². The molecule has 0 saturated heterocycles. The maximum Gasteiger partial charge on any atom is 0.326 e. The summed E-state index contributed by atoms with van der Waals surface area (Å²) in [6, 6.07) is 2.03. The predicted molar refractivity (Wildman–Crippen MR) is 82.6 cm³/mol. The molecule has 132 valence electrons. The van der Waals surface area contributed by atoms with Gasteiger partial charge in [-0.3, -0.25) is 4.79 Å². The lowest BCUT2D eigenvalue weighted by Gasteiger charge is -2.30. The molecule has 1 aromatic rings. The second kappa shape index (κ2) is 7.70. The van der Waals surface area contributed by atoms with E-state index < -0.39 is 35.0 Å². The van der Waals surface area contributed by atoms with Gasteiger partial charge in [0.25, 0.3) is 0 Å². The fourth-order valence-electron chi connectivity index (χ4n) is 3.26. The minimum absolute atomic E-state index is 0.111. The number of aliphatic carboxylic acids is 1. The van der Waals surface area contributed by atoms with Crippen molar-refractivity contribution >= 4 is 11.9 Å². The number of nitrogens with one attached hydrogen (secondary N) is 1. The van der Waals surface area contributed by atoms with Gasteiger partial charge in [0.15, 0.2) is 0 Å². The number of ether oxygens (including phenoxy) is 1. The highest BCUT2D eigenvalue weighted by Crippen LogP contribution is 2.42. The molecule has 0 heterocycles. The molecule has 1 atom stereocenters. The summed E-state index contributed by atoms with van der Waals surface area (Å²) in [6.07, 6.45) is 2.36. The fourth-order valence-corrected chi connectivity index (χ4v) is 3.26. The summed E-state index contributed by atoms with van der Waals surface area (Å²) in [5.74, 6) is -3.20. The molecule has 2 rings (SSSR count). The third-order valence-electron chi connectivity index (χ3n) is 4.55. The van der Waals surface area contributed by atoms with Crippen LogP contribution in [0.2, 0.25) is 0 Å². The van der Waals surface area contributed by atoms with E-state index in [-0.39, 0.29) is 18.6 Å². The molecule has 24 heavy (non-hydrogen) atoms. The highest BCUT2D eigenvalue weighted by Gasteiger charge is 2.45. The lowest BCUT2D eigenvalue weighted by Crippen LogP contribution is -2.50. The highest BCUT2D eigenvalue weighted by molar-refractivity contribution is 5.91. The molecule has 0 aliphatic heterocycles. The number of rotatable bonds is 7. The summed E-state index contributed by atoms with van der Waals surface area (Å²) in [4.78, 5) is 24.1. The van der Waals surface area contributed by atoms with Crippen molar-refractivity contribution in [1.82, 2.24) is 5.32 Å². The van der Waals surface area contributed by atoms with Crippen LogP contribution >= 0.6 is 0 Å². The summed E-state index contributed by atoms with van der Waals surface area (Å²) in [5, 5.41) is 11.7. The van der Waals surface area contributed by atoms with Crippen LogP contribution in [0.1, 0.15) is 37.7 Å². The van der Waals surface area contributed by atoms with Crippen LogP contribution in [0.4, 0.5) is 8.78 Å². The number of benzene rings is 1. The molecule has 5 nitrogen and oxygen atoms in total. The molecule has 1 amide bonds. The van der Waals surface area contributed by atoms with Gasteiger partial charge >= 0.3 is 5.97 Å². The Bertz CT molecular complexity index is 615. The van der Waals surface area contributed by atoms with E-state index in [1.807, 2.05) is 0 Å². The Kier molecular flexibility index (Phi) is 5.88. The normalized spacial score (nSPS) is 17.5. The van der Waals surface area contributed by atoms with Crippen molar-refractivity contribution in [3.63, 3.8) is 0 Å². The number of carbonyl (C=O) groups is 2. The molecular weight excluding hydrogens is 320 g/mol. The Hall–Kier alpha value is -2.02. The van der Waals surface area contributed by atoms with Crippen LogP contribution in [0.3, 0.4) is 0 Å². The molecule has 1 saturated carbocycles. The van der Waals surface area contributed by atoms with E-state index in [2.05, 4.69) is 5.32 Å². The number of carboxylic acids is 1. The largest absolute Gasteiger partial charge is 0.480 e.